The van der Waals surface area contributed by atoms with Crippen LogP contribution in [0.25, 0.3) is 0 Å². The monoisotopic (exact) mass is 245 g/mol. The van der Waals surface area contributed by atoms with Crippen LogP contribution in [-0.2, 0) is 0 Å². The molecule has 5 heteroatoms. The Kier molecular flexibility index (Phi) is 4.65. The molecule has 3 nitrogen and oxygen atoms in total. The lowest BCUT2D eigenvalue weighted by atomic mass is 10.4. The summed E-state index contributed by atoms with van der Waals surface area (Å²) in [5.41, 5.74) is 0. The van der Waals surface area contributed by atoms with Gasteiger partial charge < -0.3 is 5.32 Å². The van der Waals surface area contributed by atoms with E-state index in [1.54, 1.807) is 0 Å². The second-order valence-electron chi connectivity index (χ2n) is 4.00. The molecule has 0 aliphatic carbocycles. The molecule has 0 radical (unpaired) electrons. The van der Waals surface area contributed by atoms with Crippen LogP contribution in [-0.4, -0.2) is 59.5 Å². The van der Waals surface area contributed by atoms with E-state index < -0.39 is 0 Å². The van der Waals surface area contributed by atoms with E-state index >= 15 is 0 Å². The Morgan fingerprint density at radius 2 is 2.27 bits per heavy atom. The fraction of sp³-hybridized carbons (Fsp3) is 0.900. The minimum Gasteiger partial charge on any atom is -0.362 e. The third kappa shape index (κ3) is 3.89. The quantitative estimate of drug-likeness (QED) is 0.806. The Bertz CT molecular complexity index is 227. The number of nitrogens with one attached hydrogen (secondary N) is 1. The molecule has 2 saturated heterocycles. The summed E-state index contributed by atoms with van der Waals surface area (Å²) in [6.45, 7) is 6.77. The van der Waals surface area contributed by atoms with Gasteiger partial charge in [0.1, 0.15) is 0 Å². The molecule has 2 aliphatic rings. The third-order valence-electron chi connectivity index (χ3n) is 2.62. The average Bonchev–Trinajstić information content (AvgIpc) is 2.66. The van der Waals surface area contributed by atoms with Gasteiger partial charge in [-0.05, 0) is 6.92 Å². The predicted molar refractivity (Wildman–Crippen MR) is 71.1 cm³/mol. The fourth-order valence-electron chi connectivity index (χ4n) is 1.71. The van der Waals surface area contributed by atoms with Gasteiger partial charge in [0.15, 0.2) is 5.17 Å². The third-order valence-corrected chi connectivity index (χ3v) is 4.74. The topological polar surface area (TPSA) is 27.6 Å². The zero-order valence-corrected chi connectivity index (χ0v) is 10.9. The van der Waals surface area contributed by atoms with Gasteiger partial charge in [-0.1, -0.05) is 11.8 Å². The second kappa shape index (κ2) is 6.01. The molecule has 15 heavy (non-hydrogen) atoms. The van der Waals surface area contributed by atoms with Crippen molar-refractivity contribution >= 4 is 28.7 Å². The molecule has 0 spiro atoms. The van der Waals surface area contributed by atoms with Gasteiger partial charge in [0.2, 0.25) is 0 Å². The first-order valence-corrected chi connectivity index (χ1v) is 7.72. The normalized spacial score (nSPS) is 30.7. The van der Waals surface area contributed by atoms with Crippen LogP contribution >= 0.6 is 23.5 Å². The summed E-state index contributed by atoms with van der Waals surface area (Å²) in [5, 5.41) is 4.53. The maximum Gasteiger partial charge on any atom is 0.156 e. The second-order valence-corrected chi connectivity index (χ2v) is 6.23. The van der Waals surface area contributed by atoms with Crippen LogP contribution in [0.15, 0.2) is 4.99 Å². The highest BCUT2D eigenvalue weighted by atomic mass is 32.2. The molecule has 2 heterocycles. The van der Waals surface area contributed by atoms with Gasteiger partial charge in [-0.2, -0.15) is 11.8 Å². The average molecular weight is 245 g/mol. The van der Waals surface area contributed by atoms with E-state index in [9.17, 15) is 0 Å². The molecule has 0 aromatic heterocycles. The molecule has 0 aromatic rings. The van der Waals surface area contributed by atoms with Crippen LogP contribution < -0.4 is 5.32 Å². The lowest BCUT2D eigenvalue weighted by Gasteiger charge is -2.25. The van der Waals surface area contributed by atoms with Crippen molar-refractivity contribution in [1.82, 2.24) is 10.2 Å². The Labute approximate surface area is 100 Å². The van der Waals surface area contributed by atoms with Crippen LogP contribution in [0.3, 0.4) is 0 Å². The Balaban J connectivity index is 1.65. The van der Waals surface area contributed by atoms with E-state index in [0.29, 0.717) is 6.04 Å². The van der Waals surface area contributed by atoms with E-state index in [1.807, 2.05) is 11.8 Å². The van der Waals surface area contributed by atoms with Gasteiger partial charge in [-0.15, -0.1) is 0 Å². The van der Waals surface area contributed by atoms with Crippen LogP contribution in [0.4, 0.5) is 0 Å². The van der Waals surface area contributed by atoms with Gasteiger partial charge in [-0.25, -0.2) is 0 Å². The summed E-state index contributed by atoms with van der Waals surface area (Å²) in [6, 6.07) is 0.597. The van der Waals surface area contributed by atoms with Crippen LogP contribution in [0, 0.1) is 0 Å². The highest BCUT2D eigenvalue weighted by Crippen LogP contribution is 2.13. The molecule has 1 N–H and O–H groups in total. The molecule has 1 unspecified atom stereocenters. The van der Waals surface area contributed by atoms with E-state index in [-0.39, 0.29) is 0 Å². The van der Waals surface area contributed by atoms with E-state index in [2.05, 4.69) is 33.9 Å². The molecular weight excluding hydrogens is 226 g/mol. The molecule has 1 atom stereocenters. The molecule has 0 saturated carbocycles. The SMILES string of the molecule is CC1CSC(=NCCN2CCSCC2)N1. The lowest BCUT2D eigenvalue weighted by molar-refractivity contribution is 0.311. The number of amidine groups is 1. The molecule has 0 amide bonds. The highest BCUT2D eigenvalue weighted by Gasteiger charge is 2.15. The van der Waals surface area contributed by atoms with Crippen molar-refractivity contribution in [1.29, 1.82) is 0 Å². The van der Waals surface area contributed by atoms with Gasteiger partial charge in [0.25, 0.3) is 0 Å². The van der Waals surface area contributed by atoms with Crippen LogP contribution in [0.1, 0.15) is 6.92 Å². The highest BCUT2D eigenvalue weighted by molar-refractivity contribution is 8.14. The zero-order valence-electron chi connectivity index (χ0n) is 9.24. The van der Waals surface area contributed by atoms with Gasteiger partial charge in [0.05, 0.1) is 6.54 Å². The Morgan fingerprint density at radius 3 is 2.93 bits per heavy atom. The maximum atomic E-state index is 4.59. The summed E-state index contributed by atoms with van der Waals surface area (Å²) in [4.78, 5) is 7.11. The first kappa shape index (κ1) is 11.6. The van der Waals surface area contributed by atoms with E-state index in [0.717, 1.165) is 18.3 Å². The number of hydrogen-bond acceptors (Lipinski definition) is 4. The van der Waals surface area contributed by atoms with Crippen molar-refractivity contribution in [2.24, 2.45) is 4.99 Å². The van der Waals surface area contributed by atoms with Gasteiger partial charge in [0, 0.05) is 42.9 Å². The molecule has 2 rings (SSSR count). The molecule has 2 fully saturated rings. The first-order valence-electron chi connectivity index (χ1n) is 5.58. The van der Waals surface area contributed by atoms with Crippen molar-refractivity contribution in [2.75, 3.05) is 43.4 Å². The van der Waals surface area contributed by atoms with Crippen LogP contribution in [0.2, 0.25) is 0 Å². The van der Waals surface area contributed by atoms with Gasteiger partial charge >= 0.3 is 0 Å². The number of hydrogen-bond donors (Lipinski definition) is 1. The summed E-state index contributed by atoms with van der Waals surface area (Å²) >= 11 is 3.92. The van der Waals surface area contributed by atoms with Crippen molar-refractivity contribution in [3.05, 3.63) is 0 Å². The fourth-order valence-corrected chi connectivity index (χ4v) is 3.64. The van der Waals surface area contributed by atoms with Crippen molar-refractivity contribution in [3.8, 4) is 0 Å². The smallest absolute Gasteiger partial charge is 0.156 e. The summed E-state index contributed by atoms with van der Waals surface area (Å²) in [5.74, 6) is 3.75. The molecular formula is C10H19N3S2. The predicted octanol–water partition coefficient (Wildman–Crippen LogP) is 1.12. The van der Waals surface area contributed by atoms with Crippen molar-refractivity contribution in [2.45, 2.75) is 13.0 Å². The first-order chi connectivity index (χ1) is 7.34. The van der Waals surface area contributed by atoms with Crippen LogP contribution in [0.5, 0.6) is 0 Å². The standard InChI is InChI=1S/C10H19N3S2/c1-9-8-15-10(12-9)11-2-3-13-4-6-14-7-5-13/h9H,2-8H2,1H3,(H,11,12). The Hall–Kier alpha value is 0.130. The maximum absolute atomic E-state index is 4.59. The lowest BCUT2D eigenvalue weighted by Crippen LogP contribution is -2.34. The largest absolute Gasteiger partial charge is 0.362 e. The van der Waals surface area contributed by atoms with E-state index in [4.69, 9.17) is 0 Å². The number of nitrogens with zero attached hydrogens (tertiary/aromatic N) is 2. The summed E-state index contributed by atoms with van der Waals surface area (Å²) < 4.78 is 0. The molecule has 0 aromatic carbocycles. The summed E-state index contributed by atoms with van der Waals surface area (Å²) in [7, 11) is 0. The van der Waals surface area contributed by atoms with Crippen molar-refractivity contribution in [3.63, 3.8) is 0 Å². The minimum atomic E-state index is 0.597. The summed E-state index contributed by atoms with van der Waals surface area (Å²) in [6.07, 6.45) is 0. The number of thioether (sulfide) groups is 2. The van der Waals surface area contributed by atoms with E-state index in [1.165, 1.54) is 30.3 Å². The minimum absolute atomic E-state index is 0.597. The number of aliphatic imine (C=N–C) groups is 1. The van der Waals surface area contributed by atoms with Gasteiger partial charge in [-0.3, -0.25) is 9.89 Å². The molecule has 86 valence electrons. The molecule has 0 bridgehead atoms. The van der Waals surface area contributed by atoms with Crippen molar-refractivity contribution < 1.29 is 0 Å². The molecule has 2 aliphatic heterocycles. The Morgan fingerprint density at radius 1 is 1.47 bits per heavy atom. The zero-order chi connectivity index (χ0) is 10.5. The number of rotatable bonds is 3.